The molecule has 0 aliphatic rings. The second-order valence-electron chi connectivity index (χ2n) is 3.36. The van der Waals surface area contributed by atoms with Crippen LogP contribution in [0.15, 0.2) is 6.33 Å². The molecule has 0 aliphatic carbocycles. The zero-order valence-corrected chi connectivity index (χ0v) is 10.6. The highest BCUT2D eigenvalue weighted by Gasteiger charge is 2.10. The van der Waals surface area contributed by atoms with Gasteiger partial charge in [0.15, 0.2) is 10.4 Å². The van der Waals surface area contributed by atoms with E-state index in [9.17, 15) is 0 Å². The van der Waals surface area contributed by atoms with E-state index in [1.807, 2.05) is 11.5 Å². The van der Waals surface area contributed by atoms with E-state index in [1.54, 1.807) is 7.11 Å². The summed E-state index contributed by atoms with van der Waals surface area (Å²) in [5, 5.41) is 0. The summed E-state index contributed by atoms with van der Waals surface area (Å²) in [5.74, 6) is 0.497. The van der Waals surface area contributed by atoms with Crippen LogP contribution in [0.4, 0.5) is 0 Å². The summed E-state index contributed by atoms with van der Waals surface area (Å²) in [7, 11) is 1.57. The van der Waals surface area contributed by atoms with Gasteiger partial charge in [-0.2, -0.15) is 4.98 Å². The monoisotopic (exact) mass is 254 g/mol. The molecule has 6 nitrogen and oxygen atoms in total. The fraction of sp³-hybridized carbons (Fsp3) is 0.500. The van der Waals surface area contributed by atoms with Gasteiger partial charge in [-0.3, -0.25) is 4.57 Å². The highest BCUT2D eigenvalue weighted by Crippen LogP contribution is 2.19. The SMILES string of the molecule is CCOCCn1c(=S)[nH]c2c(OC)ncnc21. The molecule has 0 atom stereocenters. The number of nitrogens with one attached hydrogen (secondary N) is 1. The lowest BCUT2D eigenvalue weighted by Crippen LogP contribution is -2.06. The lowest BCUT2D eigenvalue weighted by Gasteiger charge is -2.04. The summed E-state index contributed by atoms with van der Waals surface area (Å²) in [5.41, 5.74) is 1.46. The molecule has 1 N–H and O–H groups in total. The van der Waals surface area contributed by atoms with E-state index in [0.717, 1.165) is 11.2 Å². The van der Waals surface area contributed by atoms with Crippen molar-refractivity contribution in [2.24, 2.45) is 0 Å². The molecular formula is C10H14N4O2S. The van der Waals surface area contributed by atoms with Crippen LogP contribution < -0.4 is 4.74 Å². The zero-order valence-electron chi connectivity index (χ0n) is 9.77. The smallest absolute Gasteiger partial charge is 0.242 e. The van der Waals surface area contributed by atoms with Crippen molar-refractivity contribution in [2.75, 3.05) is 20.3 Å². The highest BCUT2D eigenvalue weighted by molar-refractivity contribution is 7.71. The Bertz CT molecular complexity index is 563. The first-order valence-electron chi connectivity index (χ1n) is 5.33. The molecule has 0 aromatic carbocycles. The molecule has 0 amide bonds. The number of imidazole rings is 1. The van der Waals surface area contributed by atoms with Crippen LogP contribution in [0.1, 0.15) is 6.92 Å². The van der Waals surface area contributed by atoms with Crippen molar-refractivity contribution in [3.8, 4) is 5.88 Å². The maximum absolute atomic E-state index is 5.31. The molecule has 0 fully saturated rings. The molecule has 2 aromatic heterocycles. The van der Waals surface area contributed by atoms with Gasteiger partial charge in [0.05, 0.1) is 20.3 Å². The summed E-state index contributed by atoms with van der Waals surface area (Å²) < 4.78 is 12.9. The summed E-state index contributed by atoms with van der Waals surface area (Å²) in [6.45, 7) is 3.91. The predicted molar refractivity (Wildman–Crippen MR) is 65.8 cm³/mol. The van der Waals surface area contributed by atoms with Crippen LogP contribution in [0.25, 0.3) is 11.2 Å². The van der Waals surface area contributed by atoms with E-state index in [1.165, 1.54) is 6.33 Å². The first kappa shape index (κ1) is 12.0. The Kier molecular flexibility index (Phi) is 3.70. The third-order valence-electron chi connectivity index (χ3n) is 2.38. The first-order valence-corrected chi connectivity index (χ1v) is 5.74. The maximum Gasteiger partial charge on any atom is 0.242 e. The normalized spacial score (nSPS) is 10.9. The maximum atomic E-state index is 5.31. The average Bonchev–Trinajstić information content (AvgIpc) is 2.66. The Hall–Kier alpha value is -1.47. The van der Waals surface area contributed by atoms with Crippen molar-refractivity contribution >= 4 is 23.4 Å². The number of methoxy groups -OCH3 is 1. The molecule has 0 bridgehead atoms. The second kappa shape index (κ2) is 5.24. The van der Waals surface area contributed by atoms with Crippen molar-refractivity contribution in [1.82, 2.24) is 19.5 Å². The molecule has 2 aromatic rings. The van der Waals surface area contributed by atoms with Crippen LogP contribution in [0.3, 0.4) is 0 Å². The summed E-state index contributed by atoms with van der Waals surface area (Å²) in [6.07, 6.45) is 1.46. The second-order valence-corrected chi connectivity index (χ2v) is 3.75. The predicted octanol–water partition coefficient (Wildman–Crippen LogP) is 1.53. The standard InChI is InChI=1S/C10H14N4O2S/c1-3-16-5-4-14-8-7(13-10(14)17)9(15-2)12-6-11-8/h6H,3-5H2,1-2H3,(H,13,17). The number of nitrogens with zero attached hydrogens (tertiary/aromatic N) is 3. The van der Waals surface area contributed by atoms with Gasteiger partial charge in [-0.1, -0.05) is 0 Å². The number of fused-ring (bicyclic) bond motifs is 1. The minimum Gasteiger partial charge on any atom is -0.479 e. The van der Waals surface area contributed by atoms with Gasteiger partial charge in [-0.05, 0) is 19.1 Å². The van der Waals surface area contributed by atoms with Crippen LogP contribution in [0.5, 0.6) is 5.88 Å². The molecule has 0 radical (unpaired) electrons. The number of rotatable bonds is 5. The van der Waals surface area contributed by atoms with Crippen LogP contribution in [-0.2, 0) is 11.3 Å². The van der Waals surface area contributed by atoms with Crippen LogP contribution >= 0.6 is 12.2 Å². The number of aromatic nitrogens is 4. The molecule has 0 spiro atoms. The van der Waals surface area contributed by atoms with Gasteiger partial charge in [-0.25, -0.2) is 4.98 Å². The lowest BCUT2D eigenvalue weighted by molar-refractivity contribution is 0.139. The minimum atomic E-state index is 0.497. The molecule has 2 rings (SSSR count). The van der Waals surface area contributed by atoms with Gasteiger partial charge >= 0.3 is 0 Å². The van der Waals surface area contributed by atoms with Gasteiger partial charge in [0.2, 0.25) is 5.88 Å². The summed E-state index contributed by atoms with van der Waals surface area (Å²) in [6, 6.07) is 0. The fourth-order valence-electron chi connectivity index (χ4n) is 1.61. The van der Waals surface area contributed by atoms with Crippen molar-refractivity contribution in [3.05, 3.63) is 11.1 Å². The number of H-pyrrole nitrogens is 1. The minimum absolute atomic E-state index is 0.497. The zero-order chi connectivity index (χ0) is 12.3. The Morgan fingerprint density at radius 1 is 1.47 bits per heavy atom. The topological polar surface area (TPSA) is 65.0 Å². The Balaban J connectivity index is 2.42. The van der Waals surface area contributed by atoms with Crippen molar-refractivity contribution in [3.63, 3.8) is 0 Å². The van der Waals surface area contributed by atoms with Gasteiger partial charge in [-0.15, -0.1) is 0 Å². The van der Waals surface area contributed by atoms with Gasteiger partial charge in [0.25, 0.3) is 0 Å². The Morgan fingerprint density at radius 2 is 2.29 bits per heavy atom. The van der Waals surface area contributed by atoms with Crippen molar-refractivity contribution in [2.45, 2.75) is 13.5 Å². The van der Waals surface area contributed by atoms with Crippen molar-refractivity contribution < 1.29 is 9.47 Å². The number of ether oxygens (including phenoxy) is 2. The molecule has 0 saturated carbocycles. The fourth-order valence-corrected chi connectivity index (χ4v) is 1.89. The van der Waals surface area contributed by atoms with E-state index >= 15 is 0 Å². The van der Waals surface area contributed by atoms with Gasteiger partial charge < -0.3 is 14.5 Å². The van der Waals surface area contributed by atoms with E-state index in [0.29, 0.717) is 30.4 Å². The molecule has 0 aliphatic heterocycles. The summed E-state index contributed by atoms with van der Waals surface area (Å²) in [4.78, 5) is 11.3. The molecule has 0 unspecified atom stereocenters. The Labute approximate surface area is 104 Å². The average molecular weight is 254 g/mol. The molecular weight excluding hydrogens is 240 g/mol. The van der Waals surface area contributed by atoms with Crippen molar-refractivity contribution in [1.29, 1.82) is 0 Å². The number of hydrogen-bond acceptors (Lipinski definition) is 5. The van der Waals surface area contributed by atoms with Crippen LogP contribution in [0.2, 0.25) is 0 Å². The lowest BCUT2D eigenvalue weighted by atomic mass is 10.5. The molecule has 0 saturated heterocycles. The third kappa shape index (κ3) is 2.29. The summed E-state index contributed by atoms with van der Waals surface area (Å²) >= 11 is 5.24. The highest BCUT2D eigenvalue weighted by atomic mass is 32.1. The largest absolute Gasteiger partial charge is 0.479 e. The van der Waals surface area contributed by atoms with E-state index in [2.05, 4.69) is 15.0 Å². The molecule has 7 heteroatoms. The van der Waals surface area contributed by atoms with Crippen LogP contribution in [0, 0.1) is 4.77 Å². The quantitative estimate of drug-likeness (QED) is 0.647. The van der Waals surface area contributed by atoms with Gasteiger partial charge in [0, 0.05) is 6.61 Å². The number of aromatic amines is 1. The van der Waals surface area contributed by atoms with E-state index in [-0.39, 0.29) is 0 Å². The molecule has 92 valence electrons. The first-order chi connectivity index (χ1) is 8.27. The number of hydrogen-bond donors (Lipinski definition) is 1. The Morgan fingerprint density at radius 3 is 3.00 bits per heavy atom. The van der Waals surface area contributed by atoms with E-state index < -0.39 is 0 Å². The van der Waals surface area contributed by atoms with Gasteiger partial charge in [0.1, 0.15) is 11.8 Å². The van der Waals surface area contributed by atoms with E-state index in [4.69, 9.17) is 21.7 Å². The third-order valence-corrected chi connectivity index (χ3v) is 2.70. The molecule has 17 heavy (non-hydrogen) atoms. The van der Waals surface area contributed by atoms with Crippen LogP contribution in [-0.4, -0.2) is 39.8 Å². The molecule has 2 heterocycles.